The van der Waals surface area contributed by atoms with E-state index in [1.54, 1.807) is 13.3 Å². The highest BCUT2D eigenvalue weighted by Crippen LogP contribution is 2.33. The highest BCUT2D eigenvalue weighted by atomic mass is 79.9. The third-order valence-electron chi connectivity index (χ3n) is 5.79. The SMILES string of the molecule is COc1cc(Nc2nc(Br)cn3ccnc23)ccc1N1CCN(CCOC2CC2)CC1. The number of methoxy groups -OCH3 is 1. The molecule has 0 spiro atoms. The van der Waals surface area contributed by atoms with E-state index in [-0.39, 0.29) is 0 Å². The summed E-state index contributed by atoms with van der Waals surface area (Å²) in [5, 5.41) is 3.38. The topological polar surface area (TPSA) is 67.2 Å². The van der Waals surface area contributed by atoms with Gasteiger partial charge in [0.2, 0.25) is 0 Å². The first kappa shape index (κ1) is 20.5. The number of fused-ring (bicyclic) bond motifs is 1. The fourth-order valence-electron chi connectivity index (χ4n) is 3.93. The molecule has 0 unspecified atom stereocenters. The Bertz CT molecular complexity index is 1050. The van der Waals surface area contributed by atoms with Gasteiger partial charge >= 0.3 is 0 Å². The molecule has 2 fully saturated rings. The first-order valence-corrected chi connectivity index (χ1v) is 11.5. The molecule has 1 saturated carbocycles. The van der Waals surface area contributed by atoms with E-state index >= 15 is 0 Å². The summed E-state index contributed by atoms with van der Waals surface area (Å²) in [6.45, 7) is 5.91. The maximum absolute atomic E-state index is 5.80. The van der Waals surface area contributed by atoms with Gasteiger partial charge in [0, 0.05) is 63.1 Å². The number of halogens is 1. The second kappa shape index (κ2) is 9.02. The van der Waals surface area contributed by atoms with Crippen molar-refractivity contribution in [3.05, 3.63) is 41.4 Å². The van der Waals surface area contributed by atoms with Crippen LogP contribution in [0.4, 0.5) is 17.2 Å². The minimum absolute atomic E-state index is 0.537. The lowest BCUT2D eigenvalue weighted by Gasteiger charge is -2.36. The van der Waals surface area contributed by atoms with Gasteiger partial charge in [0.15, 0.2) is 11.5 Å². The zero-order chi connectivity index (χ0) is 21.2. The third-order valence-corrected chi connectivity index (χ3v) is 6.17. The number of nitrogens with zero attached hydrogens (tertiary/aromatic N) is 5. The smallest absolute Gasteiger partial charge is 0.180 e. The molecular formula is C22H27BrN6O2. The molecule has 1 aromatic carbocycles. The van der Waals surface area contributed by atoms with Crippen molar-refractivity contribution in [2.75, 3.05) is 56.7 Å². The number of nitrogens with one attached hydrogen (secondary N) is 1. The number of imidazole rings is 1. The molecule has 3 aromatic rings. The number of rotatable bonds is 8. The summed E-state index contributed by atoms with van der Waals surface area (Å²) in [6, 6.07) is 6.21. The molecule has 0 radical (unpaired) electrons. The van der Waals surface area contributed by atoms with Crippen LogP contribution in [-0.4, -0.2) is 71.8 Å². The van der Waals surface area contributed by atoms with Gasteiger partial charge in [-0.2, -0.15) is 0 Å². The molecule has 3 heterocycles. The molecule has 0 bridgehead atoms. The summed E-state index contributed by atoms with van der Waals surface area (Å²) in [7, 11) is 1.72. The van der Waals surface area contributed by atoms with Gasteiger partial charge in [-0.25, -0.2) is 9.97 Å². The standard InChI is InChI=1S/C22H27BrN6O2/c1-30-19-14-16(25-21-22-24-6-7-29(22)15-20(23)26-21)2-5-18(19)28-10-8-27(9-11-28)12-13-31-17-3-4-17/h2,5-7,14-15,17H,3-4,8-13H2,1H3,(H,25,26). The van der Waals surface area contributed by atoms with Gasteiger partial charge in [0.05, 0.1) is 25.5 Å². The molecule has 2 aliphatic rings. The van der Waals surface area contributed by atoms with Crippen molar-refractivity contribution in [3.63, 3.8) is 0 Å². The Hall–Kier alpha value is -2.36. The lowest BCUT2D eigenvalue weighted by molar-refractivity contribution is 0.0899. The summed E-state index contributed by atoms with van der Waals surface area (Å²) in [4.78, 5) is 13.8. The number of anilines is 3. The molecule has 0 amide bonds. The molecule has 1 N–H and O–H groups in total. The number of ether oxygens (including phenoxy) is 2. The maximum atomic E-state index is 5.80. The molecule has 1 saturated heterocycles. The summed E-state index contributed by atoms with van der Waals surface area (Å²) in [6.07, 6.45) is 8.56. The molecular weight excluding hydrogens is 460 g/mol. The van der Waals surface area contributed by atoms with Gasteiger partial charge in [-0.05, 0) is 40.9 Å². The summed E-state index contributed by atoms with van der Waals surface area (Å²) in [5.41, 5.74) is 2.80. The fraction of sp³-hybridized carbons (Fsp3) is 0.455. The van der Waals surface area contributed by atoms with Gasteiger partial charge in [-0.15, -0.1) is 0 Å². The summed E-state index contributed by atoms with van der Waals surface area (Å²) >= 11 is 3.46. The fourth-order valence-corrected chi connectivity index (χ4v) is 4.33. The Morgan fingerprint density at radius 2 is 2.03 bits per heavy atom. The molecule has 31 heavy (non-hydrogen) atoms. The minimum Gasteiger partial charge on any atom is -0.495 e. The number of benzene rings is 1. The van der Waals surface area contributed by atoms with E-state index in [0.29, 0.717) is 11.9 Å². The van der Waals surface area contributed by atoms with Crippen LogP contribution in [0.15, 0.2) is 41.4 Å². The molecule has 5 rings (SSSR count). The van der Waals surface area contributed by atoms with Crippen molar-refractivity contribution in [1.29, 1.82) is 0 Å². The number of hydrogen-bond acceptors (Lipinski definition) is 7. The first-order chi connectivity index (χ1) is 15.2. The van der Waals surface area contributed by atoms with E-state index in [4.69, 9.17) is 9.47 Å². The van der Waals surface area contributed by atoms with E-state index in [1.165, 1.54) is 12.8 Å². The van der Waals surface area contributed by atoms with Crippen LogP contribution in [0.2, 0.25) is 0 Å². The highest BCUT2D eigenvalue weighted by Gasteiger charge is 2.23. The predicted octanol–water partition coefficient (Wildman–Crippen LogP) is 3.55. The second-order valence-electron chi connectivity index (χ2n) is 7.98. The normalized spacial score (nSPS) is 17.3. The predicted molar refractivity (Wildman–Crippen MR) is 125 cm³/mol. The van der Waals surface area contributed by atoms with Crippen molar-refractivity contribution in [3.8, 4) is 5.75 Å². The second-order valence-corrected chi connectivity index (χ2v) is 8.79. The van der Waals surface area contributed by atoms with Gasteiger partial charge in [0.1, 0.15) is 10.4 Å². The van der Waals surface area contributed by atoms with Crippen LogP contribution >= 0.6 is 15.9 Å². The highest BCUT2D eigenvalue weighted by molar-refractivity contribution is 9.10. The summed E-state index contributed by atoms with van der Waals surface area (Å²) in [5.74, 6) is 1.54. The van der Waals surface area contributed by atoms with Crippen LogP contribution < -0.4 is 15.0 Å². The van der Waals surface area contributed by atoms with E-state index in [9.17, 15) is 0 Å². The molecule has 164 valence electrons. The van der Waals surface area contributed by atoms with Crippen LogP contribution in [0.5, 0.6) is 5.75 Å². The monoisotopic (exact) mass is 486 g/mol. The largest absolute Gasteiger partial charge is 0.495 e. The third kappa shape index (κ3) is 4.78. The Balaban J connectivity index is 1.25. The van der Waals surface area contributed by atoms with E-state index < -0.39 is 0 Å². The van der Waals surface area contributed by atoms with E-state index in [2.05, 4.69) is 53.1 Å². The van der Waals surface area contributed by atoms with Crippen LogP contribution in [0.25, 0.3) is 5.65 Å². The Kier molecular flexibility index (Phi) is 5.97. The molecule has 1 aliphatic carbocycles. The maximum Gasteiger partial charge on any atom is 0.180 e. The van der Waals surface area contributed by atoms with Crippen molar-refractivity contribution < 1.29 is 9.47 Å². The lowest BCUT2D eigenvalue weighted by atomic mass is 10.2. The first-order valence-electron chi connectivity index (χ1n) is 10.7. The zero-order valence-electron chi connectivity index (χ0n) is 17.6. The molecule has 2 aromatic heterocycles. The lowest BCUT2D eigenvalue weighted by Crippen LogP contribution is -2.47. The Labute approximate surface area is 190 Å². The van der Waals surface area contributed by atoms with Gasteiger partial charge < -0.3 is 24.1 Å². The Morgan fingerprint density at radius 3 is 2.81 bits per heavy atom. The van der Waals surface area contributed by atoms with Crippen molar-refractivity contribution >= 4 is 38.8 Å². The number of piperazine rings is 1. The summed E-state index contributed by atoms with van der Waals surface area (Å²) < 4.78 is 14.2. The van der Waals surface area contributed by atoms with Gasteiger partial charge in [-0.1, -0.05) is 0 Å². The van der Waals surface area contributed by atoms with E-state index in [0.717, 1.165) is 66.7 Å². The molecule has 0 atom stereocenters. The van der Waals surface area contributed by atoms with Gasteiger partial charge in [-0.3, -0.25) is 4.90 Å². The molecule has 1 aliphatic heterocycles. The van der Waals surface area contributed by atoms with Crippen molar-refractivity contribution in [2.45, 2.75) is 18.9 Å². The minimum atomic E-state index is 0.537. The van der Waals surface area contributed by atoms with Gasteiger partial charge in [0.25, 0.3) is 0 Å². The van der Waals surface area contributed by atoms with Crippen molar-refractivity contribution in [1.82, 2.24) is 19.3 Å². The quantitative estimate of drug-likeness (QED) is 0.522. The Morgan fingerprint density at radius 1 is 1.19 bits per heavy atom. The zero-order valence-corrected chi connectivity index (χ0v) is 19.2. The number of aromatic nitrogens is 3. The number of hydrogen-bond donors (Lipinski definition) is 1. The average Bonchev–Trinajstić information content (AvgIpc) is 3.48. The van der Waals surface area contributed by atoms with E-state index in [1.807, 2.05) is 22.9 Å². The van der Waals surface area contributed by atoms with Crippen molar-refractivity contribution in [2.24, 2.45) is 0 Å². The van der Waals surface area contributed by atoms with Crippen LogP contribution in [0.3, 0.4) is 0 Å². The molecule has 9 heteroatoms. The van der Waals surface area contributed by atoms with Crippen LogP contribution in [-0.2, 0) is 4.74 Å². The average molecular weight is 487 g/mol. The van der Waals surface area contributed by atoms with Crippen LogP contribution in [0, 0.1) is 0 Å². The van der Waals surface area contributed by atoms with Crippen LogP contribution in [0.1, 0.15) is 12.8 Å². The molecule has 8 nitrogen and oxygen atoms in total.